The summed E-state index contributed by atoms with van der Waals surface area (Å²) in [6, 6.07) is 18.5. The van der Waals surface area contributed by atoms with E-state index in [1.165, 1.54) is 18.9 Å². The third-order valence-electron chi connectivity index (χ3n) is 11.3. The third-order valence-corrected chi connectivity index (χ3v) is 11.3. The summed E-state index contributed by atoms with van der Waals surface area (Å²) in [6.07, 6.45) is 0.0246. The number of nitrogens with one attached hydrogen (secondary N) is 4. The van der Waals surface area contributed by atoms with E-state index < -0.39 is 53.7 Å². The van der Waals surface area contributed by atoms with Gasteiger partial charge < -0.3 is 57.6 Å². The van der Waals surface area contributed by atoms with Crippen LogP contribution in [0.4, 0.5) is 0 Å². The van der Waals surface area contributed by atoms with Crippen molar-refractivity contribution >= 4 is 29.5 Å². The zero-order valence-corrected chi connectivity index (χ0v) is 39.3. The van der Waals surface area contributed by atoms with Crippen molar-refractivity contribution in [2.75, 3.05) is 46.4 Å². The second-order valence-corrected chi connectivity index (χ2v) is 17.5. The average molecular weight is 918 g/mol. The van der Waals surface area contributed by atoms with Crippen LogP contribution < -0.4 is 52.7 Å². The molecule has 10 N–H and O–H groups in total. The first kappa shape index (κ1) is 51.0. The zero-order chi connectivity index (χ0) is 49.0. The normalized spacial score (nSPS) is 16.5. The zero-order valence-electron chi connectivity index (χ0n) is 39.3. The molecule has 1 aliphatic heterocycles. The van der Waals surface area contributed by atoms with Gasteiger partial charge in [-0.05, 0) is 115 Å². The van der Waals surface area contributed by atoms with Crippen LogP contribution in [0, 0.1) is 25.2 Å². The molecule has 4 aromatic rings. The number of nitriles is 1. The van der Waals surface area contributed by atoms with Crippen LogP contribution in [-0.4, -0.2) is 99.0 Å². The van der Waals surface area contributed by atoms with E-state index in [4.69, 9.17) is 31.4 Å². The first-order chi connectivity index (χ1) is 31.9. The van der Waals surface area contributed by atoms with Gasteiger partial charge in [-0.2, -0.15) is 5.26 Å². The Morgan fingerprint density at radius 3 is 2.03 bits per heavy atom. The molecule has 0 aliphatic carbocycles. The molecule has 356 valence electrons. The highest BCUT2D eigenvalue weighted by atomic mass is 16.5. The molecule has 0 unspecified atom stereocenters. The summed E-state index contributed by atoms with van der Waals surface area (Å²) in [5.41, 5.74) is 22.3. The molecule has 0 aromatic heterocycles. The molecular weight excluding hydrogens is 855 g/mol. The smallest absolute Gasteiger partial charge is 0.252 e. The Bertz CT molecular complexity index is 2460. The number of ether oxygens (including phenoxy) is 3. The van der Waals surface area contributed by atoms with Crippen molar-refractivity contribution in [3.8, 4) is 40.2 Å². The summed E-state index contributed by atoms with van der Waals surface area (Å²) in [4.78, 5) is 71.8. The number of carbonyl (C=O) groups excluding carboxylic acids is 5. The lowest BCUT2D eigenvalue weighted by atomic mass is 9.87. The molecule has 4 bridgehead atoms. The van der Waals surface area contributed by atoms with Crippen molar-refractivity contribution in [3.63, 3.8) is 0 Å². The van der Waals surface area contributed by atoms with Gasteiger partial charge in [-0.1, -0.05) is 45.0 Å². The average Bonchev–Trinajstić information content (AvgIpc) is 3.28. The summed E-state index contributed by atoms with van der Waals surface area (Å²) in [5.74, 6) is -1.28. The van der Waals surface area contributed by atoms with Crippen LogP contribution in [0.1, 0.15) is 78.3 Å². The maximum atomic E-state index is 14.7. The van der Waals surface area contributed by atoms with E-state index in [2.05, 4.69) is 42.0 Å². The Balaban J connectivity index is 1.54. The second kappa shape index (κ2) is 22.9. The summed E-state index contributed by atoms with van der Waals surface area (Å²) in [5, 5.41) is 20.0. The van der Waals surface area contributed by atoms with Crippen molar-refractivity contribution in [2.45, 2.75) is 84.0 Å². The summed E-state index contributed by atoms with van der Waals surface area (Å²) in [6.45, 7) is 11.8. The summed E-state index contributed by atoms with van der Waals surface area (Å²) in [7, 11) is 1.43. The van der Waals surface area contributed by atoms with Crippen LogP contribution in [0.25, 0.3) is 11.1 Å². The molecule has 17 heteroatoms. The van der Waals surface area contributed by atoms with Gasteiger partial charge in [0.15, 0.2) is 0 Å². The van der Waals surface area contributed by atoms with Gasteiger partial charge in [-0.3, -0.25) is 24.0 Å². The highest BCUT2D eigenvalue weighted by molar-refractivity contribution is 6.01. The molecule has 0 radical (unpaired) electrons. The predicted octanol–water partition coefficient (Wildman–Crippen LogP) is 3.57. The van der Waals surface area contributed by atoms with E-state index in [0.717, 1.165) is 5.56 Å². The molecule has 0 saturated heterocycles. The van der Waals surface area contributed by atoms with Crippen molar-refractivity contribution in [1.29, 1.82) is 5.26 Å². The molecule has 0 fully saturated rings. The molecule has 4 atom stereocenters. The Hall–Kier alpha value is -7.00. The number of likely N-dealkylation sites (N-methyl/N-ethyl adjacent to an activating group) is 1. The number of amides is 5. The summed E-state index contributed by atoms with van der Waals surface area (Å²) < 4.78 is 18.4. The highest BCUT2D eigenvalue weighted by Gasteiger charge is 2.36. The molecule has 0 spiro atoms. The van der Waals surface area contributed by atoms with Gasteiger partial charge in [0.2, 0.25) is 23.6 Å². The quantitative estimate of drug-likeness (QED) is 0.0796. The van der Waals surface area contributed by atoms with Crippen LogP contribution in [0.3, 0.4) is 0 Å². The topological polar surface area (TPSA) is 266 Å². The Labute approximate surface area is 392 Å². The van der Waals surface area contributed by atoms with Gasteiger partial charge in [0.1, 0.15) is 66.9 Å². The van der Waals surface area contributed by atoms with Crippen molar-refractivity contribution in [3.05, 3.63) is 106 Å². The fraction of sp³-hybridized carbons (Fsp3) is 0.400. The van der Waals surface area contributed by atoms with E-state index >= 15 is 0 Å². The van der Waals surface area contributed by atoms with Crippen LogP contribution in [0.5, 0.6) is 23.0 Å². The molecule has 1 heterocycles. The molecule has 17 nitrogen and oxygen atoms in total. The van der Waals surface area contributed by atoms with Crippen LogP contribution in [0.15, 0.2) is 72.8 Å². The van der Waals surface area contributed by atoms with Gasteiger partial charge in [-0.15, -0.1) is 0 Å². The third kappa shape index (κ3) is 12.9. The Kier molecular flexibility index (Phi) is 17.5. The van der Waals surface area contributed by atoms with Crippen LogP contribution >= 0.6 is 0 Å². The van der Waals surface area contributed by atoms with Crippen LogP contribution in [0.2, 0.25) is 0 Å². The fourth-order valence-corrected chi connectivity index (χ4v) is 7.86. The van der Waals surface area contributed by atoms with Crippen LogP contribution in [-0.2, 0) is 31.0 Å². The Morgan fingerprint density at radius 2 is 1.45 bits per heavy atom. The van der Waals surface area contributed by atoms with E-state index in [9.17, 15) is 29.2 Å². The fourth-order valence-electron chi connectivity index (χ4n) is 7.86. The van der Waals surface area contributed by atoms with E-state index in [1.54, 1.807) is 62.4 Å². The van der Waals surface area contributed by atoms with Gasteiger partial charge in [0.25, 0.3) is 5.91 Å². The number of rotatable bonds is 16. The maximum absolute atomic E-state index is 14.7. The number of aryl methyl sites for hydroxylation is 2. The molecule has 4 aromatic carbocycles. The Morgan fingerprint density at radius 1 is 0.836 bits per heavy atom. The van der Waals surface area contributed by atoms with Gasteiger partial charge in [0, 0.05) is 43.2 Å². The molecule has 5 rings (SSSR count). The minimum Gasteiger partial charge on any atom is -0.492 e. The van der Waals surface area contributed by atoms with Crippen molar-refractivity contribution in [2.24, 2.45) is 17.2 Å². The van der Waals surface area contributed by atoms with Gasteiger partial charge >= 0.3 is 0 Å². The van der Waals surface area contributed by atoms with Crippen molar-refractivity contribution < 1.29 is 38.2 Å². The minimum absolute atomic E-state index is 0.00381. The molecule has 0 saturated carbocycles. The van der Waals surface area contributed by atoms with E-state index in [0.29, 0.717) is 61.9 Å². The van der Waals surface area contributed by atoms with E-state index in [-0.39, 0.29) is 57.6 Å². The number of benzene rings is 4. The van der Waals surface area contributed by atoms with E-state index in [1.807, 2.05) is 30.3 Å². The van der Waals surface area contributed by atoms with Crippen molar-refractivity contribution in [1.82, 2.24) is 26.2 Å². The highest BCUT2D eigenvalue weighted by Crippen LogP contribution is 2.40. The number of carbonyl (C=O) groups is 5. The largest absolute Gasteiger partial charge is 0.492 e. The first-order valence-electron chi connectivity index (χ1n) is 22.3. The molecule has 67 heavy (non-hydrogen) atoms. The standard InChI is InChI=1S/C50H63N9O8/c1-29-24-36(67-35-12-10-34(11-13-35)50(4,5)6)25-30(2)43(29)47(62)57-39(16-17-51)49(64)59(7)44-33-9-15-42(66-23-20-54)38(28-33)37-26-32(8-14-41(37)65-22-19-53)27-40(46(61)55-21-18-52)58-45(60)31(3)56-48(44)63/h8-15,24-26,28,31,39-40,44H,16-17,19-23,27,51,53-54H2,1-7H3,(H,55,61)(H,56,63)(H,57,62)(H,58,60)/t31-,39-,40-,44-/m0/s1. The molecule has 1 aliphatic rings. The summed E-state index contributed by atoms with van der Waals surface area (Å²) >= 11 is 0. The lowest BCUT2D eigenvalue weighted by Crippen LogP contribution is -2.56. The first-order valence-corrected chi connectivity index (χ1v) is 22.3. The lowest BCUT2D eigenvalue weighted by molar-refractivity contribution is -0.141. The number of nitrogens with zero attached hydrogens (tertiary/aromatic N) is 2. The maximum Gasteiger partial charge on any atom is 0.252 e. The monoisotopic (exact) mass is 917 g/mol. The SMILES string of the molecule is Cc1cc(Oc2ccc(C(C)(C)C)cc2)cc(C)c1C(=O)N[C@@H](CCN)C(=O)N(C)[C@@H]1C(=O)N[C@@H](C)C(=O)N[C@H](C(=O)NCC#N)Cc2ccc(OCCN)c(c2)-c2cc1ccc2OCCN. The lowest BCUT2D eigenvalue weighted by Gasteiger charge is -2.32. The number of hydrogen-bond donors (Lipinski definition) is 7. The number of fused-ring (bicyclic) bond motifs is 5. The number of nitrogens with two attached hydrogens (primary N) is 3. The van der Waals surface area contributed by atoms with Gasteiger partial charge in [-0.25, -0.2) is 0 Å². The van der Waals surface area contributed by atoms with Gasteiger partial charge in [0.05, 0.1) is 6.07 Å². The molecule has 5 amide bonds. The minimum atomic E-state index is -1.39. The number of hydrogen-bond acceptors (Lipinski definition) is 12. The molecular formula is C50H63N9O8. The second-order valence-electron chi connectivity index (χ2n) is 17.5. The predicted molar refractivity (Wildman–Crippen MR) is 254 cm³/mol.